The smallest absolute Gasteiger partial charge is 0.407 e. The van der Waals surface area contributed by atoms with Crippen LogP contribution in [0.1, 0.15) is 81.4 Å². The fourth-order valence-corrected chi connectivity index (χ4v) is 5.90. The summed E-state index contributed by atoms with van der Waals surface area (Å²) >= 11 is 0. The topological polar surface area (TPSA) is 87.0 Å². The number of ether oxygens (including phenoxy) is 1. The maximum atomic E-state index is 14.5. The van der Waals surface area contributed by atoms with Crippen molar-refractivity contribution in [3.8, 4) is 0 Å². The van der Waals surface area contributed by atoms with Crippen molar-refractivity contribution in [1.29, 1.82) is 0 Å². The van der Waals surface area contributed by atoms with Crippen LogP contribution in [0.2, 0.25) is 0 Å². The van der Waals surface area contributed by atoms with Crippen LogP contribution in [0.5, 0.6) is 0 Å². The number of fused-ring (bicyclic) bond motifs is 1. The third kappa shape index (κ3) is 6.89. The molecule has 1 aromatic heterocycles. The number of piperidine rings is 1. The fraction of sp³-hybridized carbons (Fsp3) is 0.667. The number of rotatable bonds is 14. The monoisotopic (exact) mass is 528 g/mol. The van der Waals surface area contributed by atoms with Crippen LogP contribution in [0.25, 0.3) is 10.9 Å². The predicted octanol–water partition coefficient (Wildman–Crippen LogP) is 5.17. The van der Waals surface area contributed by atoms with Gasteiger partial charge < -0.3 is 29.5 Å². The highest BCUT2D eigenvalue weighted by molar-refractivity contribution is 6.03. The molecule has 8 heteroatoms. The molecule has 3 rings (SSSR count). The van der Waals surface area contributed by atoms with Gasteiger partial charge in [0.1, 0.15) is 5.69 Å². The summed E-state index contributed by atoms with van der Waals surface area (Å²) < 4.78 is 7.57. The summed E-state index contributed by atoms with van der Waals surface area (Å²) in [6.45, 7) is 12.4. The van der Waals surface area contributed by atoms with Gasteiger partial charge in [-0.25, -0.2) is 4.79 Å². The molecule has 1 aromatic carbocycles. The zero-order chi connectivity index (χ0) is 27.7. The molecule has 2 amide bonds. The van der Waals surface area contributed by atoms with Crippen LogP contribution in [0.4, 0.5) is 4.79 Å². The molecule has 1 saturated heterocycles. The number of likely N-dealkylation sites (N-methyl/N-ethyl adjacent to an activating group) is 1. The number of benzene rings is 1. The maximum absolute atomic E-state index is 14.5. The zero-order valence-electron chi connectivity index (χ0n) is 24.1. The second-order valence-corrected chi connectivity index (χ2v) is 10.7. The first-order chi connectivity index (χ1) is 18.3. The quantitative estimate of drug-likeness (QED) is 0.331. The summed E-state index contributed by atoms with van der Waals surface area (Å²) in [5.74, 6) is 0.117. The highest BCUT2D eigenvalue weighted by Gasteiger charge is 2.33. The summed E-state index contributed by atoms with van der Waals surface area (Å²) in [6, 6.07) is 6.57. The molecule has 8 nitrogen and oxygen atoms in total. The van der Waals surface area contributed by atoms with E-state index in [1.807, 2.05) is 6.92 Å². The van der Waals surface area contributed by atoms with E-state index in [9.17, 15) is 14.7 Å². The Kier molecular flexibility index (Phi) is 11.5. The largest absolute Gasteiger partial charge is 0.465 e. The number of carboxylic acid groups (broad SMARTS) is 1. The number of aryl methyl sites for hydroxylation is 2. The number of nitrogens with zero attached hydrogens (tertiary/aromatic N) is 3. The maximum Gasteiger partial charge on any atom is 0.407 e. The van der Waals surface area contributed by atoms with Gasteiger partial charge in [0, 0.05) is 57.4 Å². The van der Waals surface area contributed by atoms with Crippen LogP contribution in [0.15, 0.2) is 18.2 Å². The normalized spacial score (nSPS) is 15.8. The van der Waals surface area contributed by atoms with E-state index in [1.54, 1.807) is 7.11 Å². The first kappa shape index (κ1) is 30.0. The molecule has 1 atom stereocenters. The number of nitrogens with one attached hydrogen (secondary N) is 1. The molecule has 0 saturated carbocycles. The Labute approximate surface area is 228 Å². The van der Waals surface area contributed by atoms with Gasteiger partial charge in [-0.05, 0) is 77.0 Å². The van der Waals surface area contributed by atoms with Gasteiger partial charge in [-0.15, -0.1) is 0 Å². The lowest BCUT2D eigenvalue weighted by atomic mass is 10.00. The van der Waals surface area contributed by atoms with Crippen LogP contribution in [0.3, 0.4) is 0 Å². The minimum atomic E-state index is -0.897. The highest BCUT2D eigenvalue weighted by atomic mass is 16.5. The number of carbonyl (C=O) groups excluding carboxylic acids is 1. The minimum Gasteiger partial charge on any atom is -0.465 e. The predicted molar refractivity (Wildman–Crippen MR) is 153 cm³/mol. The van der Waals surface area contributed by atoms with Crippen molar-refractivity contribution >= 4 is 22.9 Å². The first-order valence-electron chi connectivity index (χ1n) is 14.5. The second kappa shape index (κ2) is 14.5. The summed E-state index contributed by atoms with van der Waals surface area (Å²) in [7, 11) is 1.72. The number of carbonyl (C=O) groups is 2. The molecule has 0 aliphatic carbocycles. The van der Waals surface area contributed by atoms with Gasteiger partial charge in [0.15, 0.2) is 0 Å². The Bertz CT molecular complexity index is 1060. The lowest BCUT2D eigenvalue weighted by Gasteiger charge is -2.38. The Morgan fingerprint density at radius 2 is 2.00 bits per heavy atom. The van der Waals surface area contributed by atoms with Gasteiger partial charge in [0.05, 0.1) is 5.52 Å². The van der Waals surface area contributed by atoms with Crippen LogP contribution >= 0.6 is 0 Å². The Morgan fingerprint density at radius 3 is 2.61 bits per heavy atom. The van der Waals surface area contributed by atoms with Crippen molar-refractivity contribution in [3.63, 3.8) is 0 Å². The van der Waals surface area contributed by atoms with Crippen molar-refractivity contribution < 1.29 is 19.4 Å². The third-order valence-corrected chi connectivity index (χ3v) is 7.71. The Balaban J connectivity index is 2.15. The van der Waals surface area contributed by atoms with Crippen LogP contribution in [-0.4, -0.2) is 83.5 Å². The van der Waals surface area contributed by atoms with E-state index in [2.05, 4.69) is 53.8 Å². The average Bonchev–Trinajstić information content (AvgIpc) is 3.21. The van der Waals surface area contributed by atoms with Crippen LogP contribution < -0.4 is 5.32 Å². The van der Waals surface area contributed by atoms with Gasteiger partial charge in [0.2, 0.25) is 0 Å². The standard InChI is InChI=1S/C30H48N4O4/c1-6-12-25-26-15-10-13-23(16-19-32(7-2)30(36)37)27(26)33(18-8-9-20-38-5)28(25)29(35)34(22(3)4)24-14-11-17-31-21-24/h10,13,15,22,24,31H,6-9,11-12,14,16-21H2,1-5H3,(H,36,37)/t24-/m1/s1. The number of para-hydroxylation sites is 1. The zero-order valence-corrected chi connectivity index (χ0v) is 24.1. The lowest BCUT2D eigenvalue weighted by molar-refractivity contribution is 0.0561. The summed E-state index contributed by atoms with van der Waals surface area (Å²) in [6.07, 6.45) is 5.40. The molecule has 2 heterocycles. The van der Waals surface area contributed by atoms with Crippen LogP contribution in [0, 0.1) is 0 Å². The molecule has 0 unspecified atom stereocenters. The number of unbranched alkanes of at least 4 members (excludes halogenated alkanes) is 1. The van der Waals surface area contributed by atoms with E-state index in [-0.39, 0.29) is 18.0 Å². The average molecular weight is 529 g/mol. The molecule has 1 aliphatic heterocycles. The van der Waals surface area contributed by atoms with E-state index in [0.29, 0.717) is 26.1 Å². The lowest BCUT2D eigenvalue weighted by Crippen LogP contribution is -2.52. The second-order valence-electron chi connectivity index (χ2n) is 10.7. The summed E-state index contributed by atoms with van der Waals surface area (Å²) in [5, 5.41) is 14.2. The Hall–Kier alpha value is -2.58. The molecule has 0 spiro atoms. The SMILES string of the molecule is CCCc1c(C(=O)N(C(C)C)[C@@H]2CCCNC2)n(CCCCOC)c2c(CCN(CC)C(=O)O)cccc12. The third-order valence-electron chi connectivity index (χ3n) is 7.71. The van der Waals surface area contributed by atoms with E-state index in [4.69, 9.17) is 4.74 Å². The molecular formula is C30H48N4O4. The number of aromatic nitrogens is 1. The van der Waals surface area contributed by atoms with E-state index >= 15 is 0 Å². The van der Waals surface area contributed by atoms with Crippen molar-refractivity contribution in [2.24, 2.45) is 0 Å². The van der Waals surface area contributed by atoms with E-state index < -0.39 is 6.09 Å². The van der Waals surface area contributed by atoms with Gasteiger partial charge in [-0.1, -0.05) is 31.5 Å². The van der Waals surface area contributed by atoms with Gasteiger partial charge in [0.25, 0.3) is 5.91 Å². The number of hydrogen-bond acceptors (Lipinski definition) is 4. The molecular weight excluding hydrogens is 480 g/mol. The number of hydrogen-bond donors (Lipinski definition) is 2. The summed E-state index contributed by atoms with van der Waals surface area (Å²) in [5.41, 5.74) is 4.13. The Morgan fingerprint density at radius 1 is 1.21 bits per heavy atom. The minimum absolute atomic E-state index is 0.0926. The van der Waals surface area contributed by atoms with E-state index in [0.717, 1.165) is 85.9 Å². The molecule has 2 N–H and O–H groups in total. The highest BCUT2D eigenvalue weighted by Crippen LogP contribution is 2.33. The molecule has 212 valence electrons. The fourth-order valence-electron chi connectivity index (χ4n) is 5.90. The molecule has 2 aromatic rings. The van der Waals surface area contributed by atoms with Gasteiger partial charge >= 0.3 is 6.09 Å². The van der Waals surface area contributed by atoms with Crippen molar-refractivity contribution in [2.75, 3.05) is 39.9 Å². The first-order valence-corrected chi connectivity index (χ1v) is 14.5. The molecule has 1 fully saturated rings. The molecule has 38 heavy (non-hydrogen) atoms. The van der Waals surface area contributed by atoms with E-state index in [1.165, 1.54) is 4.90 Å². The van der Waals surface area contributed by atoms with Crippen LogP contribution in [-0.2, 0) is 24.1 Å². The van der Waals surface area contributed by atoms with Crippen molar-refractivity contribution in [2.45, 2.75) is 91.3 Å². The summed E-state index contributed by atoms with van der Waals surface area (Å²) in [4.78, 5) is 29.8. The van der Waals surface area contributed by atoms with Gasteiger partial charge in [-0.3, -0.25) is 4.79 Å². The molecule has 0 radical (unpaired) electrons. The molecule has 1 aliphatic rings. The van der Waals surface area contributed by atoms with Crippen molar-refractivity contribution in [1.82, 2.24) is 19.7 Å². The number of methoxy groups -OCH3 is 1. The number of amides is 2. The van der Waals surface area contributed by atoms with Gasteiger partial charge in [-0.2, -0.15) is 0 Å². The van der Waals surface area contributed by atoms with Crippen molar-refractivity contribution in [3.05, 3.63) is 35.0 Å². The molecule has 0 bridgehead atoms.